The fraction of sp³-hybridized carbons (Fsp3) is 0.417. The van der Waals surface area contributed by atoms with Crippen molar-refractivity contribution in [3.63, 3.8) is 0 Å². The second kappa shape index (κ2) is 9.23. The van der Waals surface area contributed by atoms with Crippen molar-refractivity contribution in [1.82, 2.24) is 10.2 Å². The number of carbonyl (C=O) groups excluding carboxylic acids is 2. The standard InChI is InChI=1S/C24H30N2O3/c1-16(2)26(17(3)4)24(28)20-12-8-11-19(14-20)23(27)25-21(22-15-29-22)13-18-9-6-5-7-10-18/h5-12,14,16-17,21-22H,13,15H2,1-4H3,(H,25,27)/t21?,22-/m0/s1. The molecule has 5 heteroatoms. The number of hydrogen-bond donors (Lipinski definition) is 1. The lowest BCUT2D eigenvalue weighted by Gasteiger charge is -2.31. The molecule has 2 aromatic rings. The quantitative estimate of drug-likeness (QED) is 0.695. The molecule has 2 atom stereocenters. The Kier molecular flexibility index (Phi) is 6.70. The lowest BCUT2D eigenvalue weighted by Crippen LogP contribution is -2.42. The lowest BCUT2D eigenvalue weighted by atomic mass is 10.0. The van der Waals surface area contributed by atoms with Crippen molar-refractivity contribution in [2.24, 2.45) is 0 Å². The average Bonchev–Trinajstić information content (AvgIpc) is 3.53. The van der Waals surface area contributed by atoms with Crippen molar-refractivity contribution in [1.29, 1.82) is 0 Å². The van der Waals surface area contributed by atoms with Crippen molar-refractivity contribution in [2.45, 2.75) is 58.3 Å². The molecule has 0 aliphatic carbocycles. The third kappa shape index (κ3) is 5.45. The fourth-order valence-corrected chi connectivity index (χ4v) is 3.69. The maximum atomic E-state index is 13.0. The van der Waals surface area contributed by atoms with Gasteiger partial charge in [-0.15, -0.1) is 0 Å². The molecule has 0 aromatic heterocycles. The van der Waals surface area contributed by atoms with Gasteiger partial charge in [0.1, 0.15) is 6.10 Å². The van der Waals surface area contributed by atoms with Gasteiger partial charge < -0.3 is 15.0 Å². The molecule has 1 heterocycles. The van der Waals surface area contributed by atoms with Gasteiger partial charge >= 0.3 is 0 Å². The summed E-state index contributed by atoms with van der Waals surface area (Å²) in [6.45, 7) is 8.65. The number of ether oxygens (including phenoxy) is 1. The minimum absolute atomic E-state index is 0.0429. The Bertz CT molecular complexity index is 836. The van der Waals surface area contributed by atoms with Crippen LogP contribution in [-0.4, -0.2) is 47.6 Å². The van der Waals surface area contributed by atoms with Gasteiger partial charge in [-0.05, 0) is 57.9 Å². The maximum absolute atomic E-state index is 13.0. The third-order valence-electron chi connectivity index (χ3n) is 5.14. The molecule has 1 fully saturated rings. The van der Waals surface area contributed by atoms with Gasteiger partial charge in [0.15, 0.2) is 0 Å². The number of rotatable bonds is 8. The van der Waals surface area contributed by atoms with Gasteiger partial charge in [0.05, 0.1) is 12.6 Å². The van der Waals surface area contributed by atoms with E-state index in [0.29, 0.717) is 24.2 Å². The molecular formula is C24H30N2O3. The summed E-state index contributed by atoms with van der Waals surface area (Å²) in [6.07, 6.45) is 0.756. The van der Waals surface area contributed by atoms with E-state index < -0.39 is 0 Å². The smallest absolute Gasteiger partial charge is 0.254 e. The van der Waals surface area contributed by atoms with Crippen LogP contribution in [-0.2, 0) is 11.2 Å². The molecule has 0 spiro atoms. The Balaban J connectivity index is 1.73. The van der Waals surface area contributed by atoms with Crippen LogP contribution in [0.1, 0.15) is 54.0 Å². The van der Waals surface area contributed by atoms with E-state index in [-0.39, 0.29) is 36.0 Å². The van der Waals surface area contributed by atoms with E-state index >= 15 is 0 Å². The zero-order valence-electron chi connectivity index (χ0n) is 17.6. The normalized spacial score (nSPS) is 16.6. The zero-order valence-corrected chi connectivity index (χ0v) is 17.6. The topological polar surface area (TPSA) is 61.9 Å². The molecule has 1 saturated heterocycles. The van der Waals surface area contributed by atoms with Crippen LogP contribution in [0.2, 0.25) is 0 Å². The zero-order chi connectivity index (χ0) is 21.0. The number of nitrogens with one attached hydrogen (secondary N) is 1. The van der Waals surface area contributed by atoms with E-state index in [9.17, 15) is 9.59 Å². The maximum Gasteiger partial charge on any atom is 0.254 e. The first-order valence-electron chi connectivity index (χ1n) is 10.3. The van der Waals surface area contributed by atoms with Crippen molar-refractivity contribution in [3.8, 4) is 0 Å². The van der Waals surface area contributed by atoms with Crippen LogP contribution in [0, 0.1) is 0 Å². The Morgan fingerprint density at radius 3 is 2.21 bits per heavy atom. The molecule has 29 heavy (non-hydrogen) atoms. The Morgan fingerprint density at radius 1 is 1.00 bits per heavy atom. The van der Waals surface area contributed by atoms with E-state index in [2.05, 4.69) is 5.32 Å². The summed E-state index contributed by atoms with van der Waals surface area (Å²) in [5.41, 5.74) is 2.17. The summed E-state index contributed by atoms with van der Waals surface area (Å²) in [7, 11) is 0. The number of benzene rings is 2. The highest BCUT2D eigenvalue weighted by molar-refractivity contribution is 6.00. The van der Waals surface area contributed by atoms with E-state index in [0.717, 1.165) is 5.56 Å². The number of epoxide rings is 1. The fourth-order valence-electron chi connectivity index (χ4n) is 3.69. The molecule has 1 N–H and O–H groups in total. The van der Waals surface area contributed by atoms with E-state index in [1.54, 1.807) is 24.3 Å². The third-order valence-corrected chi connectivity index (χ3v) is 5.14. The van der Waals surface area contributed by atoms with Gasteiger partial charge in [-0.3, -0.25) is 9.59 Å². The minimum Gasteiger partial charge on any atom is -0.371 e. The Labute approximate surface area is 173 Å². The van der Waals surface area contributed by atoms with Crippen LogP contribution in [0.25, 0.3) is 0 Å². The molecule has 5 nitrogen and oxygen atoms in total. The average molecular weight is 395 g/mol. The molecule has 1 aliphatic rings. The lowest BCUT2D eigenvalue weighted by molar-refractivity contribution is 0.0643. The van der Waals surface area contributed by atoms with Crippen LogP contribution >= 0.6 is 0 Å². The predicted molar refractivity (Wildman–Crippen MR) is 114 cm³/mol. The van der Waals surface area contributed by atoms with Gasteiger partial charge in [0.2, 0.25) is 0 Å². The molecule has 0 bridgehead atoms. The molecule has 3 rings (SSSR count). The molecule has 1 unspecified atom stereocenters. The predicted octanol–water partition coefficient (Wildman–Crippen LogP) is 3.69. The van der Waals surface area contributed by atoms with E-state index in [1.807, 2.05) is 62.9 Å². The highest BCUT2D eigenvalue weighted by Crippen LogP contribution is 2.19. The van der Waals surface area contributed by atoms with E-state index in [4.69, 9.17) is 4.74 Å². The number of nitrogens with zero attached hydrogens (tertiary/aromatic N) is 1. The summed E-state index contributed by atoms with van der Waals surface area (Å²) in [5.74, 6) is -0.243. The van der Waals surface area contributed by atoms with Crippen molar-refractivity contribution in [2.75, 3.05) is 6.61 Å². The first kappa shape index (κ1) is 21.1. The monoisotopic (exact) mass is 394 g/mol. The molecular weight excluding hydrogens is 364 g/mol. The summed E-state index contributed by atoms with van der Waals surface area (Å²) >= 11 is 0. The SMILES string of the molecule is CC(C)N(C(=O)c1cccc(C(=O)NC(Cc2ccccc2)[C@@H]2CO2)c1)C(C)C. The molecule has 154 valence electrons. The summed E-state index contributed by atoms with van der Waals surface area (Å²) in [4.78, 5) is 27.7. The first-order valence-corrected chi connectivity index (χ1v) is 10.3. The second-order valence-electron chi connectivity index (χ2n) is 8.12. The van der Waals surface area contributed by atoms with Crippen LogP contribution < -0.4 is 5.32 Å². The molecule has 0 radical (unpaired) electrons. The molecule has 2 aromatic carbocycles. The van der Waals surface area contributed by atoms with Gasteiger partial charge in [0.25, 0.3) is 11.8 Å². The second-order valence-corrected chi connectivity index (χ2v) is 8.12. The highest BCUT2D eigenvalue weighted by atomic mass is 16.6. The van der Waals surface area contributed by atoms with Gasteiger partial charge in [-0.1, -0.05) is 36.4 Å². The Hall–Kier alpha value is -2.66. The summed E-state index contributed by atoms with van der Waals surface area (Å²) in [5, 5.41) is 3.10. The van der Waals surface area contributed by atoms with Crippen molar-refractivity contribution >= 4 is 11.8 Å². The van der Waals surface area contributed by atoms with Crippen LogP contribution in [0.5, 0.6) is 0 Å². The van der Waals surface area contributed by atoms with Crippen LogP contribution in [0.3, 0.4) is 0 Å². The summed E-state index contributed by atoms with van der Waals surface area (Å²) < 4.78 is 5.45. The largest absolute Gasteiger partial charge is 0.371 e. The van der Waals surface area contributed by atoms with Crippen molar-refractivity contribution in [3.05, 3.63) is 71.3 Å². The number of amides is 2. The minimum atomic E-state index is -0.184. The molecule has 1 aliphatic heterocycles. The molecule has 2 amide bonds. The van der Waals surface area contributed by atoms with Gasteiger partial charge in [-0.25, -0.2) is 0 Å². The van der Waals surface area contributed by atoms with E-state index in [1.165, 1.54) is 0 Å². The van der Waals surface area contributed by atoms with Crippen molar-refractivity contribution < 1.29 is 14.3 Å². The number of hydrogen-bond acceptors (Lipinski definition) is 3. The number of carbonyl (C=O) groups is 2. The summed E-state index contributed by atoms with van der Waals surface area (Å²) in [6, 6.07) is 17.1. The first-order chi connectivity index (χ1) is 13.9. The van der Waals surface area contributed by atoms with Gasteiger partial charge in [-0.2, -0.15) is 0 Å². The van der Waals surface area contributed by atoms with Crippen LogP contribution in [0.4, 0.5) is 0 Å². The highest BCUT2D eigenvalue weighted by Gasteiger charge is 2.34. The molecule has 0 saturated carbocycles. The Morgan fingerprint density at radius 2 is 1.62 bits per heavy atom. The van der Waals surface area contributed by atoms with Gasteiger partial charge in [0, 0.05) is 23.2 Å². The van der Waals surface area contributed by atoms with Crippen LogP contribution in [0.15, 0.2) is 54.6 Å².